The zero-order valence-corrected chi connectivity index (χ0v) is 11.0. The second-order valence-electron chi connectivity index (χ2n) is 4.89. The van der Waals surface area contributed by atoms with Gasteiger partial charge in [0.05, 0.1) is 5.54 Å². The molecule has 4 heteroatoms. The molecule has 0 aliphatic carbocycles. The van der Waals surface area contributed by atoms with E-state index in [-0.39, 0.29) is 5.91 Å². The molecule has 18 heavy (non-hydrogen) atoms. The van der Waals surface area contributed by atoms with Crippen LogP contribution in [0, 0.1) is 0 Å². The number of carbonyl (C=O) groups excluding carboxylic acids is 1. The number of benzene rings is 1. The van der Waals surface area contributed by atoms with Crippen molar-refractivity contribution < 1.29 is 4.79 Å². The van der Waals surface area contributed by atoms with Crippen LogP contribution in [0.5, 0.6) is 0 Å². The molecule has 1 heterocycles. The van der Waals surface area contributed by atoms with E-state index in [4.69, 9.17) is 0 Å². The van der Waals surface area contributed by atoms with Crippen LogP contribution in [0.25, 0.3) is 10.9 Å². The molecular formula is C14H19N3O. The summed E-state index contributed by atoms with van der Waals surface area (Å²) >= 11 is 0. The average molecular weight is 245 g/mol. The van der Waals surface area contributed by atoms with Crippen LogP contribution in [0.15, 0.2) is 30.5 Å². The van der Waals surface area contributed by atoms with Gasteiger partial charge in [0.15, 0.2) is 0 Å². The average Bonchev–Trinajstić information content (AvgIpc) is 2.76. The second-order valence-corrected chi connectivity index (χ2v) is 4.89. The predicted octanol–water partition coefficient (Wildman–Crippen LogP) is 2.49. The maximum atomic E-state index is 12.1. The number of fused-ring (bicyclic) bond motifs is 1. The number of hydrogen-bond donors (Lipinski definition) is 3. The summed E-state index contributed by atoms with van der Waals surface area (Å²) in [5.41, 5.74) is 1.32. The molecule has 0 fully saturated rings. The van der Waals surface area contributed by atoms with Gasteiger partial charge < -0.3 is 15.6 Å². The molecule has 0 saturated carbocycles. The Labute approximate surface area is 107 Å². The van der Waals surface area contributed by atoms with Gasteiger partial charge in [-0.3, -0.25) is 4.79 Å². The fraction of sp³-hybridized carbons (Fsp3) is 0.357. The van der Waals surface area contributed by atoms with Crippen LogP contribution in [-0.2, 0) is 4.79 Å². The molecule has 0 spiro atoms. The van der Waals surface area contributed by atoms with Crippen molar-refractivity contribution in [3.05, 3.63) is 30.5 Å². The first-order chi connectivity index (χ1) is 8.53. The zero-order chi connectivity index (χ0) is 13.2. The summed E-state index contributed by atoms with van der Waals surface area (Å²) in [5.74, 6) is -0.0285. The van der Waals surface area contributed by atoms with Crippen molar-refractivity contribution in [3.63, 3.8) is 0 Å². The van der Waals surface area contributed by atoms with Crippen molar-refractivity contribution in [2.75, 3.05) is 11.9 Å². The Balaban J connectivity index is 2.15. The molecule has 0 atom stereocenters. The van der Waals surface area contributed by atoms with E-state index in [1.165, 1.54) is 0 Å². The number of likely N-dealkylation sites (N-methyl/N-ethyl adjacent to an activating group) is 1. The van der Waals surface area contributed by atoms with Gasteiger partial charge in [-0.25, -0.2) is 0 Å². The van der Waals surface area contributed by atoms with Crippen molar-refractivity contribution in [1.82, 2.24) is 10.3 Å². The standard InChI is InChI=1S/C14H19N3O/c1-4-16-14(2,3)13(18)17-11-5-6-12-10(9-11)7-8-15-12/h5-9,15-16H,4H2,1-3H3,(H,17,18). The molecule has 1 aromatic heterocycles. The SMILES string of the molecule is CCNC(C)(C)C(=O)Nc1ccc2[nH]ccc2c1. The zero-order valence-electron chi connectivity index (χ0n) is 11.0. The third-order valence-electron chi connectivity index (χ3n) is 3.00. The van der Waals surface area contributed by atoms with Gasteiger partial charge in [-0.2, -0.15) is 0 Å². The molecule has 1 aromatic carbocycles. The summed E-state index contributed by atoms with van der Waals surface area (Å²) in [6.45, 7) is 6.50. The van der Waals surface area contributed by atoms with Crippen LogP contribution in [-0.4, -0.2) is 23.0 Å². The lowest BCUT2D eigenvalue weighted by Crippen LogP contribution is -2.49. The highest BCUT2D eigenvalue weighted by molar-refractivity contribution is 5.99. The van der Waals surface area contributed by atoms with Gasteiger partial charge in [0, 0.05) is 22.8 Å². The van der Waals surface area contributed by atoms with Gasteiger partial charge in [-0.1, -0.05) is 6.92 Å². The highest BCUT2D eigenvalue weighted by Crippen LogP contribution is 2.18. The van der Waals surface area contributed by atoms with Crippen LogP contribution in [0.3, 0.4) is 0 Å². The molecule has 0 bridgehead atoms. The lowest BCUT2D eigenvalue weighted by Gasteiger charge is -2.24. The molecule has 1 amide bonds. The third-order valence-corrected chi connectivity index (χ3v) is 3.00. The number of H-pyrrole nitrogens is 1. The van der Waals surface area contributed by atoms with E-state index in [0.29, 0.717) is 0 Å². The molecule has 0 saturated heterocycles. The van der Waals surface area contributed by atoms with E-state index >= 15 is 0 Å². The Kier molecular flexibility index (Phi) is 3.39. The maximum absolute atomic E-state index is 12.1. The van der Waals surface area contributed by atoms with Crippen molar-refractivity contribution in [2.24, 2.45) is 0 Å². The number of amides is 1. The topological polar surface area (TPSA) is 56.9 Å². The molecule has 0 aliphatic rings. The van der Waals surface area contributed by atoms with E-state index in [2.05, 4.69) is 15.6 Å². The Morgan fingerprint density at radius 2 is 2.11 bits per heavy atom. The minimum absolute atomic E-state index is 0.0285. The van der Waals surface area contributed by atoms with Gasteiger partial charge in [0.2, 0.25) is 5.91 Å². The van der Waals surface area contributed by atoms with E-state index in [0.717, 1.165) is 23.1 Å². The number of rotatable bonds is 4. The quantitative estimate of drug-likeness (QED) is 0.775. The minimum atomic E-state index is -0.568. The second kappa shape index (κ2) is 4.82. The highest BCUT2D eigenvalue weighted by atomic mass is 16.2. The van der Waals surface area contributed by atoms with Gasteiger partial charge in [-0.05, 0) is 44.7 Å². The van der Waals surface area contributed by atoms with E-state index in [1.54, 1.807) is 0 Å². The lowest BCUT2D eigenvalue weighted by molar-refractivity contribution is -0.121. The molecule has 3 N–H and O–H groups in total. The van der Waals surface area contributed by atoms with E-state index in [9.17, 15) is 4.79 Å². The molecule has 2 rings (SSSR count). The van der Waals surface area contributed by atoms with Crippen LogP contribution in [0.4, 0.5) is 5.69 Å². The molecular weight excluding hydrogens is 226 g/mol. The van der Waals surface area contributed by atoms with Crippen molar-refractivity contribution >= 4 is 22.5 Å². The van der Waals surface area contributed by atoms with Gasteiger partial charge >= 0.3 is 0 Å². The summed E-state index contributed by atoms with van der Waals surface area (Å²) in [6, 6.07) is 7.82. The first-order valence-corrected chi connectivity index (χ1v) is 6.16. The summed E-state index contributed by atoms with van der Waals surface area (Å²) < 4.78 is 0. The van der Waals surface area contributed by atoms with Gasteiger partial charge in [0.1, 0.15) is 0 Å². The Bertz CT molecular complexity index is 557. The summed E-state index contributed by atoms with van der Waals surface area (Å²) in [6.07, 6.45) is 1.89. The largest absolute Gasteiger partial charge is 0.361 e. The number of aromatic nitrogens is 1. The smallest absolute Gasteiger partial charge is 0.244 e. The molecule has 4 nitrogen and oxygen atoms in total. The van der Waals surface area contributed by atoms with Crippen molar-refractivity contribution in [1.29, 1.82) is 0 Å². The van der Waals surface area contributed by atoms with Crippen LogP contribution in [0.2, 0.25) is 0 Å². The van der Waals surface area contributed by atoms with Crippen molar-refractivity contribution in [3.8, 4) is 0 Å². The van der Waals surface area contributed by atoms with Crippen molar-refractivity contribution in [2.45, 2.75) is 26.3 Å². The van der Waals surface area contributed by atoms with Gasteiger partial charge in [-0.15, -0.1) is 0 Å². The van der Waals surface area contributed by atoms with Gasteiger partial charge in [0.25, 0.3) is 0 Å². The Morgan fingerprint density at radius 1 is 1.33 bits per heavy atom. The summed E-state index contributed by atoms with van der Waals surface area (Å²) in [4.78, 5) is 15.2. The van der Waals surface area contributed by atoms with Crippen LogP contribution in [0.1, 0.15) is 20.8 Å². The monoisotopic (exact) mass is 245 g/mol. The number of aromatic amines is 1. The molecule has 2 aromatic rings. The fourth-order valence-electron chi connectivity index (χ4n) is 1.94. The van der Waals surface area contributed by atoms with E-state index in [1.807, 2.05) is 51.2 Å². The molecule has 0 radical (unpaired) electrons. The number of carbonyl (C=O) groups is 1. The lowest BCUT2D eigenvalue weighted by atomic mass is 10.0. The normalized spacial score (nSPS) is 11.7. The van der Waals surface area contributed by atoms with E-state index < -0.39 is 5.54 Å². The Morgan fingerprint density at radius 3 is 2.83 bits per heavy atom. The van der Waals surface area contributed by atoms with Crippen LogP contribution >= 0.6 is 0 Å². The Hall–Kier alpha value is -1.81. The molecule has 0 aliphatic heterocycles. The fourth-order valence-corrected chi connectivity index (χ4v) is 1.94. The van der Waals surface area contributed by atoms with Crippen LogP contribution < -0.4 is 10.6 Å². The number of hydrogen-bond acceptors (Lipinski definition) is 2. The number of anilines is 1. The first kappa shape index (κ1) is 12.6. The first-order valence-electron chi connectivity index (χ1n) is 6.16. The number of nitrogens with one attached hydrogen (secondary N) is 3. The summed E-state index contributed by atoms with van der Waals surface area (Å²) in [7, 11) is 0. The third kappa shape index (κ3) is 2.54. The molecule has 0 unspecified atom stereocenters. The summed E-state index contributed by atoms with van der Waals surface area (Å²) in [5, 5.41) is 7.18. The maximum Gasteiger partial charge on any atom is 0.244 e. The predicted molar refractivity (Wildman–Crippen MR) is 74.7 cm³/mol. The molecule has 96 valence electrons. The highest BCUT2D eigenvalue weighted by Gasteiger charge is 2.26. The minimum Gasteiger partial charge on any atom is -0.361 e.